The van der Waals surface area contributed by atoms with Gasteiger partial charge in [-0.05, 0) is 59.4 Å². The SMILES string of the molecule is Nc1ccccc1CC1N[C@H](CNC(=O)/C=C/c2ccc(Cl)cc2)CCN(CC(c2ccccc2)c2ccccc2)C1=O. The smallest absolute Gasteiger partial charge is 0.244 e. The van der Waals surface area contributed by atoms with Crippen LogP contribution in [-0.2, 0) is 16.0 Å². The van der Waals surface area contributed by atoms with Crippen LogP contribution < -0.4 is 16.4 Å². The molecule has 4 aromatic carbocycles. The molecule has 2 atom stereocenters. The Morgan fingerprint density at radius 3 is 2.21 bits per heavy atom. The minimum Gasteiger partial charge on any atom is -0.399 e. The average Bonchev–Trinajstić information content (AvgIpc) is 3.18. The van der Waals surface area contributed by atoms with Gasteiger partial charge in [-0.2, -0.15) is 0 Å². The van der Waals surface area contributed by atoms with Crippen molar-refractivity contribution in [2.24, 2.45) is 0 Å². The van der Waals surface area contributed by atoms with E-state index in [0.29, 0.717) is 43.2 Å². The molecule has 5 rings (SSSR count). The lowest BCUT2D eigenvalue weighted by atomic mass is 9.90. The average molecular weight is 593 g/mol. The van der Waals surface area contributed by atoms with E-state index >= 15 is 0 Å². The van der Waals surface area contributed by atoms with Gasteiger partial charge in [-0.25, -0.2) is 0 Å². The summed E-state index contributed by atoms with van der Waals surface area (Å²) >= 11 is 5.96. The van der Waals surface area contributed by atoms with Crippen LogP contribution in [0.25, 0.3) is 6.08 Å². The van der Waals surface area contributed by atoms with Crippen molar-refractivity contribution >= 4 is 35.2 Å². The fourth-order valence-electron chi connectivity index (χ4n) is 5.53. The Balaban J connectivity index is 1.33. The summed E-state index contributed by atoms with van der Waals surface area (Å²) in [4.78, 5) is 28.8. The second-order valence-corrected chi connectivity index (χ2v) is 11.3. The van der Waals surface area contributed by atoms with Crippen molar-refractivity contribution in [3.8, 4) is 0 Å². The van der Waals surface area contributed by atoms with E-state index in [1.165, 1.54) is 17.2 Å². The third-order valence-electron chi connectivity index (χ3n) is 7.90. The van der Waals surface area contributed by atoms with Crippen LogP contribution in [0.4, 0.5) is 5.69 Å². The Kier molecular flexibility index (Phi) is 10.3. The van der Waals surface area contributed by atoms with Crippen LogP contribution >= 0.6 is 11.6 Å². The predicted molar refractivity (Wildman–Crippen MR) is 175 cm³/mol. The van der Waals surface area contributed by atoms with E-state index in [-0.39, 0.29) is 23.8 Å². The second-order valence-electron chi connectivity index (χ2n) is 10.9. The number of hydrogen-bond acceptors (Lipinski definition) is 4. The molecule has 220 valence electrons. The van der Waals surface area contributed by atoms with Crippen molar-refractivity contribution < 1.29 is 9.59 Å². The Morgan fingerprint density at radius 2 is 1.56 bits per heavy atom. The number of halogens is 1. The molecule has 6 nitrogen and oxygen atoms in total. The zero-order valence-corrected chi connectivity index (χ0v) is 24.8. The number of nitrogens with two attached hydrogens (primary N) is 1. The van der Waals surface area contributed by atoms with Crippen LogP contribution in [0.5, 0.6) is 0 Å². The van der Waals surface area contributed by atoms with Gasteiger partial charge < -0.3 is 21.3 Å². The van der Waals surface area contributed by atoms with Crippen LogP contribution in [0.1, 0.15) is 34.6 Å². The molecule has 0 bridgehead atoms. The zero-order valence-electron chi connectivity index (χ0n) is 24.0. The largest absolute Gasteiger partial charge is 0.399 e. The van der Waals surface area contributed by atoms with Gasteiger partial charge in [0.25, 0.3) is 0 Å². The van der Waals surface area contributed by atoms with Gasteiger partial charge in [-0.15, -0.1) is 0 Å². The van der Waals surface area contributed by atoms with E-state index in [9.17, 15) is 9.59 Å². The van der Waals surface area contributed by atoms with Gasteiger partial charge in [0.05, 0.1) is 6.04 Å². The maximum Gasteiger partial charge on any atom is 0.244 e. The normalized spacial score (nSPS) is 17.3. The molecule has 7 heteroatoms. The number of nitrogens with one attached hydrogen (secondary N) is 2. The fraction of sp³-hybridized carbons (Fsp3) is 0.222. The number of hydrogen-bond donors (Lipinski definition) is 3. The van der Waals surface area contributed by atoms with E-state index in [0.717, 1.165) is 11.1 Å². The van der Waals surface area contributed by atoms with Gasteiger partial charge in [0.15, 0.2) is 0 Å². The number of benzene rings is 4. The number of nitrogen functional groups attached to an aromatic ring is 1. The molecule has 2 amide bonds. The number of carbonyl (C=O) groups is 2. The molecule has 0 radical (unpaired) electrons. The van der Waals surface area contributed by atoms with Crippen LogP contribution in [0, 0.1) is 0 Å². The molecule has 1 fully saturated rings. The first kappa shape index (κ1) is 30.1. The summed E-state index contributed by atoms with van der Waals surface area (Å²) in [6.07, 6.45) is 4.43. The summed E-state index contributed by atoms with van der Waals surface area (Å²) in [5, 5.41) is 7.22. The van der Waals surface area contributed by atoms with Crippen molar-refractivity contribution in [2.45, 2.75) is 30.8 Å². The molecule has 0 aliphatic carbocycles. The van der Waals surface area contributed by atoms with Gasteiger partial charge in [0, 0.05) is 48.4 Å². The summed E-state index contributed by atoms with van der Waals surface area (Å²) in [7, 11) is 0. The quantitative estimate of drug-likeness (QED) is 0.163. The lowest BCUT2D eigenvalue weighted by molar-refractivity contribution is -0.132. The minimum absolute atomic E-state index is 0.0306. The summed E-state index contributed by atoms with van der Waals surface area (Å²) in [5.41, 5.74) is 11.1. The fourth-order valence-corrected chi connectivity index (χ4v) is 5.66. The van der Waals surface area contributed by atoms with E-state index in [4.69, 9.17) is 17.3 Å². The van der Waals surface area contributed by atoms with Crippen LogP contribution in [0.15, 0.2) is 115 Å². The number of para-hydroxylation sites is 1. The highest BCUT2D eigenvalue weighted by Crippen LogP contribution is 2.27. The first-order valence-corrected chi connectivity index (χ1v) is 15.0. The van der Waals surface area contributed by atoms with Crippen molar-refractivity contribution in [3.05, 3.63) is 143 Å². The monoisotopic (exact) mass is 592 g/mol. The molecule has 1 unspecified atom stereocenters. The molecule has 4 N–H and O–H groups in total. The second kappa shape index (κ2) is 14.7. The van der Waals surface area contributed by atoms with Crippen molar-refractivity contribution in [2.75, 3.05) is 25.4 Å². The molecule has 4 aromatic rings. The van der Waals surface area contributed by atoms with Gasteiger partial charge >= 0.3 is 0 Å². The predicted octanol–water partition coefficient (Wildman–Crippen LogP) is 5.69. The Morgan fingerprint density at radius 1 is 0.930 bits per heavy atom. The maximum atomic E-state index is 14.1. The van der Waals surface area contributed by atoms with E-state index in [1.807, 2.05) is 77.7 Å². The summed E-state index contributed by atoms with van der Waals surface area (Å²) in [6, 6.07) is 35.0. The topological polar surface area (TPSA) is 87.5 Å². The number of anilines is 1. The third-order valence-corrected chi connectivity index (χ3v) is 8.15. The molecule has 43 heavy (non-hydrogen) atoms. The van der Waals surface area contributed by atoms with Gasteiger partial charge in [0.2, 0.25) is 11.8 Å². The first-order chi connectivity index (χ1) is 21.0. The van der Waals surface area contributed by atoms with Crippen molar-refractivity contribution in [1.29, 1.82) is 0 Å². The first-order valence-electron chi connectivity index (χ1n) is 14.7. The number of nitrogens with zero attached hydrogens (tertiary/aromatic N) is 1. The lowest BCUT2D eigenvalue weighted by Crippen LogP contribution is -2.50. The molecule has 0 spiro atoms. The Labute approximate surface area is 258 Å². The molecular formula is C36H37ClN4O2. The maximum absolute atomic E-state index is 14.1. The molecule has 0 aromatic heterocycles. The number of carbonyl (C=O) groups excluding carboxylic acids is 2. The minimum atomic E-state index is -0.481. The van der Waals surface area contributed by atoms with E-state index in [2.05, 4.69) is 34.9 Å². The zero-order chi connectivity index (χ0) is 30.0. The number of amides is 2. The summed E-state index contributed by atoms with van der Waals surface area (Å²) in [5.74, 6) is -0.124. The molecule has 1 aliphatic rings. The third kappa shape index (κ3) is 8.34. The molecule has 1 saturated heterocycles. The highest BCUT2D eigenvalue weighted by atomic mass is 35.5. The van der Waals surface area contributed by atoms with Gasteiger partial charge in [-0.1, -0.05) is 103 Å². The lowest BCUT2D eigenvalue weighted by Gasteiger charge is -2.29. The van der Waals surface area contributed by atoms with Crippen LogP contribution in [-0.4, -0.2) is 48.4 Å². The molecular weight excluding hydrogens is 556 g/mol. The number of rotatable bonds is 10. The molecule has 0 saturated carbocycles. The van der Waals surface area contributed by atoms with Gasteiger partial charge in [-0.3, -0.25) is 9.59 Å². The Bertz CT molecular complexity index is 1490. The summed E-state index contributed by atoms with van der Waals surface area (Å²) in [6.45, 7) is 1.52. The highest BCUT2D eigenvalue weighted by Gasteiger charge is 2.33. The molecule has 1 heterocycles. The van der Waals surface area contributed by atoms with Crippen LogP contribution in [0.2, 0.25) is 5.02 Å². The standard InChI is InChI=1S/C36H37ClN4O2/c37-30-18-15-26(16-19-30)17-20-35(42)39-24-31-21-22-41(36(43)34(40-31)23-29-13-7-8-14-33(29)38)25-32(27-9-3-1-4-10-27)28-11-5-2-6-12-28/h1-20,31-32,34,40H,21-25,38H2,(H,39,42)/b20-17+/t31-,34?/m0/s1. The molecule has 1 aliphatic heterocycles. The van der Waals surface area contributed by atoms with Crippen LogP contribution in [0.3, 0.4) is 0 Å². The van der Waals surface area contributed by atoms with Crippen molar-refractivity contribution in [1.82, 2.24) is 15.5 Å². The summed E-state index contributed by atoms with van der Waals surface area (Å²) < 4.78 is 0. The van der Waals surface area contributed by atoms with E-state index < -0.39 is 6.04 Å². The Hall–Kier alpha value is -4.39. The highest BCUT2D eigenvalue weighted by molar-refractivity contribution is 6.30. The van der Waals surface area contributed by atoms with Gasteiger partial charge in [0.1, 0.15) is 0 Å². The van der Waals surface area contributed by atoms with E-state index in [1.54, 1.807) is 18.2 Å². The van der Waals surface area contributed by atoms with Crippen molar-refractivity contribution in [3.63, 3.8) is 0 Å².